The van der Waals surface area contributed by atoms with E-state index < -0.39 is 12.0 Å². The van der Waals surface area contributed by atoms with Gasteiger partial charge in [-0.2, -0.15) is 0 Å². The fourth-order valence-electron chi connectivity index (χ4n) is 2.35. The monoisotopic (exact) mass is 256 g/mol. The Labute approximate surface area is 108 Å². The Morgan fingerprint density at radius 2 is 1.94 bits per heavy atom. The Balaban J connectivity index is 2.27. The van der Waals surface area contributed by atoms with Gasteiger partial charge in [-0.3, -0.25) is 9.59 Å². The molecule has 0 saturated heterocycles. The van der Waals surface area contributed by atoms with Crippen LogP contribution in [0.25, 0.3) is 0 Å². The van der Waals surface area contributed by atoms with Crippen LogP contribution in [-0.4, -0.2) is 29.1 Å². The maximum Gasteiger partial charge on any atom is 0.306 e. The van der Waals surface area contributed by atoms with Crippen molar-refractivity contribution in [3.05, 3.63) is 0 Å². The average Bonchev–Trinajstić information content (AvgIpc) is 2.36. The summed E-state index contributed by atoms with van der Waals surface area (Å²) in [4.78, 5) is 22.6. The predicted molar refractivity (Wildman–Crippen MR) is 69.0 cm³/mol. The van der Waals surface area contributed by atoms with E-state index in [-0.39, 0.29) is 17.9 Å². The van der Waals surface area contributed by atoms with E-state index >= 15 is 0 Å². The van der Waals surface area contributed by atoms with E-state index in [1.165, 1.54) is 0 Å². The van der Waals surface area contributed by atoms with E-state index in [4.69, 9.17) is 10.8 Å². The second kappa shape index (κ2) is 7.36. The predicted octanol–water partition coefficient (Wildman–Crippen LogP) is 1.26. The summed E-state index contributed by atoms with van der Waals surface area (Å²) >= 11 is 0. The Hall–Kier alpha value is -1.10. The summed E-state index contributed by atoms with van der Waals surface area (Å²) in [7, 11) is 0. The highest BCUT2D eigenvalue weighted by atomic mass is 16.4. The summed E-state index contributed by atoms with van der Waals surface area (Å²) in [5.74, 6) is -1.06. The van der Waals surface area contributed by atoms with E-state index in [0.717, 1.165) is 25.7 Å². The zero-order chi connectivity index (χ0) is 13.5. The first-order valence-corrected chi connectivity index (χ1v) is 6.83. The molecule has 5 heteroatoms. The Bertz CT molecular complexity index is 286. The van der Waals surface area contributed by atoms with Gasteiger partial charge in [0, 0.05) is 6.04 Å². The van der Waals surface area contributed by atoms with Crippen molar-refractivity contribution in [3.8, 4) is 0 Å². The third-order valence-corrected chi connectivity index (χ3v) is 3.63. The molecule has 1 rings (SSSR count). The van der Waals surface area contributed by atoms with Crippen LogP contribution in [0, 0.1) is 5.92 Å². The van der Waals surface area contributed by atoms with Crippen LogP contribution in [0.5, 0.6) is 0 Å². The zero-order valence-corrected chi connectivity index (χ0v) is 11.0. The van der Waals surface area contributed by atoms with E-state index in [1.54, 1.807) is 0 Å². The number of hydrogen-bond donors (Lipinski definition) is 3. The lowest BCUT2D eigenvalue weighted by Gasteiger charge is -2.27. The summed E-state index contributed by atoms with van der Waals surface area (Å²) < 4.78 is 0. The number of nitrogens with one attached hydrogen (secondary N) is 1. The Kier molecular flexibility index (Phi) is 6.12. The second-order valence-electron chi connectivity index (χ2n) is 5.14. The molecular weight excluding hydrogens is 232 g/mol. The highest BCUT2D eigenvalue weighted by Gasteiger charge is 2.27. The van der Waals surface area contributed by atoms with Crippen molar-refractivity contribution in [1.29, 1.82) is 0 Å². The number of aliphatic carboxylic acids is 1. The topological polar surface area (TPSA) is 92.4 Å². The van der Waals surface area contributed by atoms with E-state index in [2.05, 4.69) is 12.2 Å². The van der Waals surface area contributed by atoms with Gasteiger partial charge in [0.1, 0.15) is 0 Å². The molecular formula is C13H24N2O3. The minimum absolute atomic E-state index is 0.0952. The summed E-state index contributed by atoms with van der Waals surface area (Å²) in [6.45, 7) is 2.07. The summed E-state index contributed by atoms with van der Waals surface area (Å²) in [6.07, 6.45) is 5.47. The molecule has 0 aliphatic heterocycles. The fourth-order valence-corrected chi connectivity index (χ4v) is 2.35. The maximum absolute atomic E-state index is 11.8. The first-order valence-electron chi connectivity index (χ1n) is 6.83. The summed E-state index contributed by atoms with van der Waals surface area (Å²) in [6, 6.07) is -0.331. The number of rotatable bonds is 6. The molecule has 1 amide bonds. The molecule has 1 fully saturated rings. The molecule has 0 aromatic heterocycles. The lowest BCUT2D eigenvalue weighted by Crippen LogP contribution is -2.46. The van der Waals surface area contributed by atoms with Gasteiger partial charge < -0.3 is 16.2 Å². The molecule has 1 atom stereocenters. The number of carboxylic acid groups (broad SMARTS) is 1. The van der Waals surface area contributed by atoms with Gasteiger partial charge in [0.05, 0.1) is 12.0 Å². The number of hydrogen-bond acceptors (Lipinski definition) is 3. The van der Waals surface area contributed by atoms with Crippen LogP contribution in [0.15, 0.2) is 0 Å². The number of amides is 1. The van der Waals surface area contributed by atoms with Gasteiger partial charge in [-0.15, -0.1) is 0 Å². The average molecular weight is 256 g/mol. The van der Waals surface area contributed by atoms with Crippen LogP contribution in [0.4, 0.5) is 0 Å². The number of carbonyl (C=O) groups is 2. The van der Waals surface area contributed by atoms with E-state index in [0.29, 0.717) is 19.3 Å². The fraction of sp³-hybridized carbons (Fsp3) is 0.846. The molecule has 1 saturated carbocycles. The highest BCUT2D eigenvalue weighted by Crippen LogP contribution is 2.24. The molecule has 0 aromatic rings. The Morgan fingerprint density at radius 3 is 2.44 bits per heavy atom. The number of carboxylic acids is 1. The molecule has 5 nitrogen and oxygen atoms in total. The molecule has 18 heavy (non-hydrogen) atoms. The van der Waals surface area contributed by atoms with Crippen molar-refractivity contribution >= 4 is 11.9 Å². The van der Waals surface area contributed by atoms with Crippen LogP contribution in [-0.2, 0) is 9.59 Å². The number of carbonyl (C=O) groups excluding carboxylic acids is 1. The van der Waals surface area contributed by atoms with Crippen molar-refractivity contribution in [2.75, 3.05) is 0 Å². The molecule has 0 radical (unpaired) electrons. The third-order valence-electron chi connectivity index (χ3n) is 3.63. The normalized spacial score (nSPS) is 25.4. The molecule has 0 unspecified atom stereocenters. The van der Waals surface area contributed by atoms with Gasteiger partial charge in [-0.1, -0.05) is 19.8 Å². The van der Waals surface area contributed by atoms with Crippen molar-refractivity contribution in [3.63, 3.8) is 0 Å². The standard InChI is InChI=1S/C13H24N2O3/c1-2-3-4-11(14)12(16)15-10-7-5-9(6-8-10)13(17)18/h9-11H,2-8,14H2,1H3,(H,15,16)(H,17,18)/t9?,10?,11-/m0/s1. The molecule has 0 bridgehead atoms. The molecule has 4 N–H and O–H groups in total. The molecule has 1 aliphatic carbocycles. The number of nitrogens with two attached hydrogens (primary N) is 1. The maximum atomic E-state index is 11.8. The summed E-state index contributed by atoms with van der Waals surface area (Å²) in [5.41, 5.74) is 5.79. The molecule has 0 spiro atoms. The van der Waals surface area contributed by atoms with Gasteiger partial charge in [0.15, 0.2) is 0 Å². The van der Waals surface area contributed by atoms with Gasteiger partial charge >= 0.3 is 5.97 Å². The van der Waals surface area contributed by atoms with Gasteiger partial charge in [-0.25, -0.2) is 0 Å². The van der Waals surface area contributed by atoms with Gasteiger partial charge in [0.2, 0.25) is 5.91 Å². The lowest BCUT2D eigenvalue weighted by atomic mass is 9.86. The van der Waals surface area contributed by atoms with Gasteiger partial charge in [0.25, 0.3) is 0 Å². The SMILES string of the molecule is CCCC[C@H](N)C(=O)NC1CCC(C(=O)O)CC1. The van der Waals surface area contributed by atoms with Crippen molar-refractivity contribution in [2.24, 2.45) is 11.7 Å². The molecule has 1 aliphatic rings. The van der Waals surface area contributed by atoms with Crippen LogP contribution < -0.4 is 11.1 Å². The minimum Gasteiger partial charge on any atom is -0.481 e. The van der Waals surface area contributed by atoms with Crippen LogP contribution in [0.2, 0.25) is 0 Å². The number of unbranched alkanes of at least 4 members (excludes halogenated alkanes) is 1. The third kappa shape index (κ3) is 4.64. The van der Waals surface area contributed by atoms with Crippen LogP contribution in [0.1, 0.15) is 51.9 Å². The summed E-state index contributed by atoms with van der Waals surface area (Å²) in [5, 5.41) is 11.8. The van der Waals surface area contributed by atoms with Crippen molar-refractivity contribution in [2.45, 2.75) is 64.0 Å². The molecule has 0 aromatic carbocycles. The quantitative estimate of drug-likeness (QED) is 0.667. The smallest absolute Gasteiger partial charge is 0.306 e. The van der Waals surface area contributed by atoms with Gasteiger partial charge in [-0.05, 0) is 32.1 Å². The zero-order valence-electron chi connectivity index (χ0n) is 11.0. The van der Waals surface area contributed by atoms with Crippen molar-refractivity contribution in [1.82, 2.24) is 5.32 Å². The van der Waals surface area contributed by atoms with Crippen LogP contribution in [0.3, 0.4) is 0 Å². The van der Waals surface area contributed by atoms with Crippen LogP contribution >= 0.6 is 0 Å². The van der Waals surface area contributed by atoms with Crippen molar-refractivity contribution < 1.29 is 14.7 Å². The van der Waals surface area contributed by atoms with E-state index in [9.17, 15) is 9.59 Å². The Morgan fingerprint density at radius 1 is 1.33 bits per heavy atom. The first kappa shape index (κ1) is 15.0. The second-order valence-corrected chi connectivity index (χ2v) is 5.14. The molecule has 104 valence electrons. The molecule has 0 heterocycles. The minimum atomic E-state index is -0.723. The lowest BCUT2D eigenvalue weighted by molar-refractivity contribution is -0.142. The highest BCUT2D eigenvalue weighted by molar-refractivity contribution is 5.81. The van der Waals surface area contributed by atoms with E-state index in [1.807, 2.05) is 0 Å². The first-order chi connectivity index (χ1) is 8.54. The largest absolute Gasteiger partial charge is 0.481 e.